The Morgan fingerprint density at radius 2 is 2.00 bits per heavy atom. The maximum Gasteiger partial charge on any atom is 0.336 e. The Kier molecular flexibility index (Phi) is 4.67. The second kappa shape index (κ2) is 6.06. The zero-order chi connectivity index (χ0) is 13.1. The molecule has 0 saturated heterocycles. The van der Waals surface area contributed by atoms with Crippen molar-refractivity contribution in [2.75, 3.05) is 0 Å². The molecule has 2 rings (SSSR count). The van der Waals surface area contributed by atoms with Gasteiger partial charge in [-0.3, -0.25) is 0 Å². The fraction of sp³-hybridized carbons (Fsp3) is 0.462. The Balaban J connectivity index is 2.18. The van der Waals surface area contributed by atoms with Crippen LogP contribution in [0.1, 0.15) is 42.5 Å². The first-order valence-corrected chi connectivity index (χ1v) is 7.65. The highest BCUT2D eigenvalue weighted by Crippen LogP contribution is 2.37. The molecule has 1 aliphatic rings. The number of benzene rings is 1. The highest BCUT2D eigenvalue weighted by atomic mass is 79.9. The number of aromatic carboxylic acids is 1. The summed E-state index contributed by atoms with van der Waals surface area (Å²) >= 11 is 4.56. The van der Waals surface area contributed by atoms with E-state index >= 15 is 0 Å². The lowest BCUT2D eigenvalue weighted by atomic mass is 10.0. The lowest BCUT2D eigenvalue weighted by molar-refractivity contribution is 0.0695. The summed E-state index contributed by atoms with van der Waals surface area (Å²) < 4.78 is 14.1. The molecule has 1 aromatic rings. The second-order valence-electron chi connectivity index (χ2n) is 4.42. The van der Waals surface area contributed by atoms with Crippen LogP contribution in [0.3, 0.4) is 0 Å². The molecule has 0 unspecified atom stereocenters. The summed E-state index contributed by atoms with van der Waals surface area (Å²) in [4.78, 5) is 11.4. The topological polar surface area (TPSA) is 37.3 Å². The first kappa shape index (κ1) is 13.9. The molecule has 1 saturated carbocycles. The van der Waals surface area contributed by atoms with Gasteiger partial charge in [-0.25, -0.2) is 9.18 Å². The minimum atomic E-state index is -1.12. The van der Waals surface area contributed by atoms with Crippen LogP contribution in [0.5, 0.6) is 0 Å². The van der Waals surface area contributed by atoms with Crippen LogP contribution in [0.15, 0.2) is 21.5 Å². The van der Waals surface area contributed by atoms with E-state index < -0.39 is 11.8 Å². The molecule has 0 heterocycles. The van der Waals surface area contributed by atoms with E-state index in [1.807, 2.05) is 0 Å². The summed E-state index contributed by atoms with van der Waals surface area (Å²) in [7, 11) is 0. The van der Waals surface area contributed by atoms with E-state index in [0.717, 1.165) is 12.8 Å². The van der Waals surface area contributed by atoms with Gasteiger partial charge in [0.15, 0.2) is 5.82 Å². The van der Waals surface area contributed by atoms with Gasteiger partial charge in [-0.05, 0) is 40.9 Å². The predicted molar refractivity (Wildman–Crippen MR) is 73.8 cm³/mol. The molecule has 18 heavy (non-hydrogen) atoms. The Morgan fingerprint density at radius 3 is 2.61 bits per heavy atom. The summed E-state index contributed by atoms with van der Waals surface area (Å²) in [6, 6.07) is 3.03. The van der Waals surface area contributed by atoms with Gasteiger partial charge in [-0.1, -0.05) is 19.3 Å². The minimum Gasteiger partial charge on any atom is -0.478 e. The van der Waals surface area contributed by atoms with Crippen molar-refractivity contribution in [2.45, 2.75) is 42.2 Å². The molecule has 0 amide bonds. The molecule has 1 fully saturated rings. The molecule has 0 aliphatic heterocycles. The van der Waals surface area contributed by atoms with Gasteiger partial charge in [-0.15, -0.1) is 11.8 Å². The zero-order valence-electron chi connectivity index (χ0n) is 9.79. The van der Waals surface area contributed by atoms with Crippen molar-refractivity contribution in [3.8, 4) is 0 Å². The molecule has 0 aromatic heterocycles. The van der Waals surface area contributed by atoms with Crippen molar-refractivity contribution in [2.24, 2.45) is 0 Å². The molecule has 1 N–H and O–H groups in total. The Bertz CT molecular complexity index is 459. The van der Waals surface area contributed by atoms with E-state index in [1.54, 1.807) is 6.07 Å². The quantitative estimate of drug-likeness (QED) is 0.870. The van der Waals surface area contributed by atoms with E-state index in [1.165, 1.54) is 37.1 Å². The van der Waals surface area contributed by atoms with Crippen LogP contribution >= 0.6 is 27.7 Å². The van der Waals surface area contributed by atoms with E-state index in [9.17, 15) is 9.18 Å². The summed E-state index contributed by atoms with van der Waals surface area (Å²) in [5.74, 6) is -1.57. The van der Waals surface area contributed by atoms with Gasteiger partial charge in [0.05, 0.1) is 10.0 Å². The normalized spacial score (nSPS) is 16.8. The van der Waals surface area contributed by atoms with Crippen LogP contribution in [0.4, 0.5) is 4.39 Å². The molecule has 5 heteroatoms. The summed E-state index contributed by atoms with van der Waals surface area (Å²) in [6.45, 7) is 0. The standard InChI is InChI=1S/C13H14BrFO2S/c14-11-9(13(16)17)6-7-10(12(11)15)18-8-4-2-1-3-5-8/h6-8H,1-5H2,(H,16,17). The van der Waals surface area contributed by atoms with Gasteiger partial charge in [0.2, 0.25) is 0 Å². The van der Waals surface area contributed by atoms with Crippen LogP contribution in [0.2, 0.25) is 0 Å². The van der Waals surface area contributed by atoms with Crippen molar-refractivity contribution in [3.05, 3.63) is 28.0 Å². The van der Waals surface area contributed by atoms with Gasteiger partial charge in [-0.2, -0.15) is 0 Å². The average molecular weight is 333 g/mol. The summed E-state index contributed by atoms with van der Waals surface area (Å²) in [5.41, 5.74) is -0.0273. The fourth-order valence-corrected chi connectivity index (χ4v) is 4.08. The van der Waals surface area contributed by atoms with Crippen LogP contribution in [0, 0.1) is 5.82 Å². The van der Waals surface area contributed by atoms with Crippen molar-refractivity contribution in [3.63, 3.8) is 0 Å². The molecule has 0 bridgehead atoms. The van der Waals surface area contributed by atoms with E-state index in [-0.39, 0.29) is 10.0 Å². The largest absolute Gasteiger partial charge is 0.478 e. The average Bonchev–Trinajstić information content (AvgIpc) is 2.36. The summed E-state index contributed by atoms with van der Waals surface area (Å²) in [5, 5.41) is 9.35. The lowest BCUT2D eigenvalue weighted by Crippen LogP contribution is -2.08. The molecule has 0 atom stereocenters. The second-order valence-corrected chi connectivity index (χ2v) is 6.56. The number of hydrogen-bond donors (Lipinski definition) is 1. The minimum absolute atomic E-state index is 0.0273. The van der Waals surface area contributed by atoms with Crippen molar-refractivity contribution in [1.29, 1.82) is 0 Å². The van der Waals surface area contributed by atoms with Crippen molar-refractivity contribution >= 4 is 33.7 Å². The van der Waals surface area contributed by atoms with Gasteiger partial charge < -0.3 is 5.11 Å². The van der Waals surface area contributed by atoms with Crippen LogP contribution in [-0.2, 0) is 0 Å². The van der Waals surface area contributed by atoms with E-state index in [4.69, 9.17) is 5.11 Å². The Hall–Kier alpha value is -0.550. The van der Waals surface area contributed by atoms with E-state index in [0.29, 0.717) is 10.1 Å². The van der Waals surface area contributed by atoms with Gasteiger partial charge in [0.1, 0.15) is 0 Å². The Morgan fingerprint density at radius 1 is 1.33 bits per heavy atom. The monoisotopic (exact) mass is 332 g/mol. The number of thioether (sulfide) groups is 1. The zero-order valence-corrected chi connectivity index (χ0v) is 12.2. The van der Waals surface area contributed by atoms with Gasteiger partial charge in [0, 0.05) is 10.1 Å². The molecule has 1 aromatic carbocycles. The number of hydrogen-bond acceptors (Lipinski definition) is 2. The third-order valence-corrected chi connectivity index (χ3v) is 5.27. The number of halogens is 2. The number of carboxylic acids is 1. The maximum atomic E-state index is 14.0. The molecular weight excluding hydrogens is 319 g/mol. The first-order chi connectivity index (χ1) is 8.59. The molecule has 2 nitrogen and oxygen atoms in total. The Labute approximate surface area is 118 Å². The molecule has 1 aliphatic carbocycles. The number of rotatable bonds is 3. The van der Waals surface area contributed by atoms with Crippen LogP contribution in [-0.4, -0.2) is 16.3 Å². The maximum absolute atomic E-state index is 14.0. The highest BCUT2D eigenvalue weighted by Gasteiger charge is 2.20. The summed E-state index contributed by atoms with van der Waals surface area (Å²) in [6.07, 6.45) is 5.90. The molecule has 0 radical (unpaired) electrons. The molecule has 0 spiro atoms. The first-order valence-electron chi connectivity index (χ1n) is 5.97. The third kappa shape index (κ3) is 3.06. The highest BCUT2D eigenvalue weighted by molar-refractivity contribution is 9.10. The molecular formula is C13H14BrFO2S. The van der Waals surface area contributed by atoms with Gasteiger partial charge in [0.25, 0.3) is 0 Å². The van der Waals surface area contributed by atoms with Crippen LogP contribution in [0.25, 0.3) is 0 Å². The third-order valence-electron chi connectivity index (χ3n) is 3.12. The lowest BCUT2D eigenvalue weighted by Gasteiger charge is -2.21. The van der Waals surface area contributed by atoms with Crippen molar-refractivity contribution in [1.82, 2.24) is 0 Å². The van der Waals surface area contributed by atoms with E-state index in [2.05, 4.69) is 15.9 Å². The number of carboxylic acid groups (broad SMARTS) is 1. The predicted octanol–water partition coefficient (Wildman–Crippen LogP) is 4.71. The smallest absolute Gasteiger partial charge is 0.336 e. The SMILES string of the molecule is O=C(O)c1ccc(SC2CCCCC2)c(F)c1Br. The van der Waals surface area contributed by atoms with Crippen LogP contribution < -0.4 is 0 Å². The fourth-order valence-electron chi connectivity index (χ4n) is 2.15. The number of carbonyl (C=O) groups is 1. The molecule has 98 valence electrons. The van der Waals surface area contributed by atoms with Gasteiger partial charge >= 0.3 is 5.97 Å². The van der Waals surface area contributed by atoms with Crippen molar-refractivity contribution < 1.29 is 14.3 Å².